The molecule has 0 saturated heterocycles. The third-order valence-electron chi connectivity index (χ3n) is 1.23. The molecule has 2 nitrogen and oxygen atoms in total. The van der Waals surface area contributed by atoms with Crippen LogP contribution >= 0.6 is 0 Å². The zero-order valence-electron chi connectivity index (χ0n) is 5.13. The van der Waals surface area contributed by atoms with E-state index in [9.17, 15) is 0 Å². The molecule has 0 aliphatic heterocycles. The average molecular weight is 132 g/mol. The smallest absolute Gasteiger partial charge is 0.177 e. The zero-order valence-corrected chi connectivity index (χ0v) is 5.13. The standard InChI is InChI=1S/C8H4O2/c1-3-9-5-7(1)8-2-4-10-6-8/h1-4H. The van der Waals surface area contributed by atoms with Gasteiger partial charge in [-0.25, -0.2) is 0 Å². The molecular formula is C8H4O2. The minimum Gasteiger partial charge on any atom is -0.460 e. The van der Waals surface area contributed by atoms with Crippen LogP contribution in [0, 0.1) is 12.5 Å². The molecule has 0 aromatic carbocycles. The Hall–Kier alpha value is -1.44. The lowest BCUT2D eigenvalue weighted by molar-refractivity contribution is 0.555. The Morgan fingerprint density at radius 3 is 1.70 bits per heavy atom. The summed E-state index contributed by atoms with van der Waals surface area (Å²) in [7, 11) is 0. The highest BCUT2D eigenvalue weighted by atomic mass is 16.3. The Morgan fingerprint density at radius 1 is 0.900 bits per heavy atom. The van der Waals surface area contributed by atoms with Gasteiger partial charge < -0.3 is 8.83 Å². The number of furan rings is 2. The molecule has 0 spiro atoms. The molecule has 0 fully saturated rings. The Labute approximate surface area is 58.1 Å². The van der Waals surface area contributed by atoms with Gasteiger partial charge in [-0.1, -0.05) is 0 Å². The summed E-state index contributed by atoms with van der Waals surface area (Å²) < 4.78 is 9.50. The first-order chi connectivity index (χ1) is 4.97. The van der Waals surface area contributed by atoms with Gasteiger partial charge in [0.15, 0.2) is 12.5 Å². The average Bonchev–Trinajstić information content (AvgIpc) is 2.59. The van der Waals surface area contributed by atoms with Gasteiger partial charge >= 0.3 is 0 Å². The largest absolute Gasteiger partial charge is 0.460 e. The SMILES string of the molecule is [c]1occc1-c1[c]occ1. The molecule has 0 amide bonds. The molecule has 0 aliphatic carbocycles. The number of hydrogen-bond acceptors (Lipinski definition) is 2. The predicted molar refractivity (Wildman–Crippen MR) is 34.1 cm³/mol. The van der Waals surface area contributed by atoms with Crippen molar-refractivity contribution in [2.24, 2.45) is 0 Å². The van der Waals surface area contributed by atoms with Gasteiger partial charge in [0, 0.05) is 11.1 Å². The summed E-state index contributed by atoms with van der Waals surface area (Å²) in [6, 6.07) is 3.61. The van der Waals surface area contributed by atoms with Crippen LogP contribution in [-0.4, -0.2) is 0 Å². The third kappa shape index (κ3) is 0.739. The van der Waals surface area contributed by atoms with Gasteiger partial charge in [-0.15, -0.1) is 0 Å². The van der Waals surface area contributed by atoms with E-state index in [1.165, 1.54) is 0 Å². The Morgan fingerprint density at radius 2 is 1.40 bits per heavy atom. The van der Waals surface area contributed by atoms with Crippen molar-refractivity contribution in [1.29, 1.82) is 0 Å². The lowest BCUT2D eigenvalue weighted by atomic mass is 10.2. The first-order valence-corrected chi connectivity index (χ1v) is 2.87. The molecule has 0 aliphatic rings. The fourth-order valence-electron chi connectivity index (χ4n) is 0.757. The fourth-order valence-corrected chi connectivity index (χ4v) is 0.757. The fraction of sp³-hybridized carbons (Fsp3) is 0. The van der Waals surface area contributed by atoms with Crippen LogP contribution in [0.25, 0.3) is 11.1 Å². The van der Waals surface area contributed by atoms with E-state index in [1.807, 2.05) is 0 Å². The third-order valence-corrected chi connectivity index (χ3v) is 1.23. The first-order valence-electron chi connectivity index (χ1n) is 2.87. The summed E-state index contributed by atoms with van der Waals surface area (Å²) in [6.07, 6.45) is 8.48. The van der Waals surface area contributed by atoms with E-state index in [4.69, 9.17) is 8.83 Å². The normalized spacial score (nSPS) is 10.0. The molecule has 2 heterocycles. The van der Waals surface area contributed by atoms with Crippen LogP contribution in [0.5, 0.6) is 0 Å². The van der Waals surface area contributed by atoms with Crippen LogP contribution < -0.4 is 0 Å². The maximum absolute atomic E-state index is 4.75. The molecule has 0 N–H and O–H groups in total. The van der Waals surface area contributed by atoms with Crippen molar-refractivity contribution in [3.05, 3.63) is 37.2 Å². The van der Waals surface area contributed by atoms with Crippen molar-refractivity contribution in [1.82, 2.24) is 0 Å². The number of rotatable bonds is 1. The summed E-state index contributed by atoms with van der Waals surface area (Å²) in [6.45, 7) is 0. The Bertz CT molecular complexity index is 247. The Balaban J connectivity index is 2.48. The highest BCUT2D eigenvalue weighted by Gasteiger charge is 1.99. The molecule has 48 valence electrons. The molecule has 0 bridgehead atoms. The highest BCUT2D eigenvalue weighted by molar-refractivity contribution is 5.58. The summed E-state index contributed by atoms with van der Waals surface area (Å²) in [5, 5.41) is 0. The lowest BCUT2D eigenvalue weighted by Crippen LogP contribution is -1.62. The molecule has 10 heavy (non-hydrogen) atoms. The van der Waals surface area contributed by atoms with E-state index in [-0.39, 0.29) is 0 Å². The summed E-state index contributed by atoms with van der Waals surface area (Å²) in [5.74, 6) is 0. The van der Waals surface area contributed by atoms with Crippen molar-refractivity contribution in [3.63, 3.8) is 0 Å². The summed E-state index contributed by atoms with van der Waals surface area (Å²) in [5.41, 5.74) is 1.74. The van der Waals surface area contributed by atoms with Gasteiger partial charge in [-0.3, -0.25) is 0 Å². The van der Waals surface area contributed by atoms with E-state index >= 15 is 0 Å². The van der Waals surface area contributed by atoms with Crippen LogP contribution in [0.4, 0.5) is 0 Å². The quantitative estimate of drug-likeness (QED) is 0.594. The van der Waals surface area contributed by atoms with Crippen LogP contribution in [0.2, 0.25) is 0 Å². The maximum atomic E-state index is 4.75. The van der Waals surface area contributed by atoms with Gasteiger partial charge in [0.25, 0.3) is 0 Å². The molecule has 2 heteroatoms. The second kappa shape index (κ2) is 2.06. The van der Waals surface area contributed by atoms with E-state index in [1.54, 1.807) is 24.7 Å². The lowest BCUT2D eigenvalue weighted by Gasteiger charge is -1.80. The molecule has 2 aromatic rings. The van der Waals surface area contributed by atoms with Crippen LogP contribution in [0.1, 0.15) is 0 Å². The molecule has 0 atom stereocenters. The maximum Gasteiger partial charge on any atom is 0.177 e. The van der Waals surface area contributed by atoms with Crippen molar-refractivity contribution >= 4 is 0 Å². The van der Waals surface area contributed by atoms with Gasteiger partial charge in [-0.2, -0.15) is 0 Å². The first kappa shape index (κ1) is 5.35. The molecule has 0 unspecified atom stereocenters. The van der Waals surface area contributed by atoms with E-state index in [2.05, 4.69) is 12.5 Å². The van der Waals surface area contributed by atoms with Gasteiger partial charge in [-0.05, 0) is 12.1 Å². The van der Waals surface area contributed by atoms with Crippen molar-refractivity contribution in [3.8, 4) is 11.1 Å². The second-order valence-electron chi connectivity index (χ2n) is 1.87. The minimum atomic E-state index is 0.869. The molecule has 0 saturated carbocycles. The minimum absolute atomic E-state index is 0.869. The summed E-state index contributed by atoms with van der Waals surface area (Å²) in [4.78, 5) is 0. The molecule has 2 rings (SSSR count). The predicted octanol–water partition coefficient (Wildman–Crippen LogP) is 2.14. The van der Waals surface area contributed by atoms with Crippen molar-refractivity contribution < 1.29 is 8.83 Å². The summed E-state index contributed by atoms with van der Waals surface area (Å²) >= 11 is 0. The van der Waals surface area contributed by atoms with Gasteiger partial charge in [0.2, 0.25) is 0 Å². The van der Waals surface area contributed by atoms with E-state index < -0.39 is 0 Å². The van der Waals surface area contributed by atoms with E-state index in [0.29, 0.717) is 0 Å². The van der Waals surface area contributed by atoms with Crippen molar-refractivity contribution in [2.75, 3.05) is 0 Å². The topological polar surface area (TPSA) is 26.3 Å². The monoisotopic (exact) mass is 132 g/mol. The van der Waals surface area contributed by atoms with Gasteiger partial charge in [0.1, 0.15) is 0 Å². The van der Waals surface area contributed by atoms with E-state index in [0.717, 1.165) is 11.1 Å². The van der Waals surface area contributed by atoms with Gasteiger partial charge in [0.05, 0.1) is 12.5 Å². The zero-order chi connectivity index (χ0) is 6.81. The molecule has 2 radical (unpaired) electrons. The highest BCUT2D eigenvalue weighted by Crippen LogP contribution is 2.17. The molecular weight excluding hydrogens is 128 g/mol. The number of hydrogen-bond donors (Lipinski definition) is 0. The van der Waals surface area contributed by atoms with Crippen LogP contribution in [0.3, 0.4) is 0 Å². The van der Waals surface area contributed by atoms with Crippen LogP contribution in [0.15, 0.2) is 33.5 Å². The van der Waals surface area contributed by atoms with Crippen LogP contribution in [-0.2, 0) is 0 Å². The Kier molecular flexibility index (Phi) is 1.10. The molecule has 2 aromatic heterocycles. The van der Waals surface area contributed by atoms with Crippen molar-refractivity contribution in [2.45, 2.75) is 0 Å². The second-order valence-corrected chi connectivity index (χ2v) is 1.87.